The fourth-order valence-corrected chi connectivity index (χ4v) is 1.47. The number of nitrogens with zero attached hydrogens (tertiary/aromatic N) is 3. The number of rotatable bonds is 3. The minimum Gasteiger partial charge on any atom is -0.479 e. The second kappa shape index (κ2) is 4.77. The van der Waals surface area contributed by atoms with Gasteiger partial charge in [0.15, 0.2) is 17.3 Å². The minimum atomic E-state index is -0.314. The fourth-order valence-electron chi connectivity index (χ4n) is 1.47. The van der Waals surface area contributed by atoms with Gasteiger partial charge in [-0.15, -0.1) is 0 Å². The maximum absolute atomic E-state index is 9.63. The zero-order valence-electron chi connectivity index (χ0n) is 9.72. The Bertz CT molecular complexity index is 687. The zero-order chi connectivity index (χ0) is 13.1. The van der Waals surface area contributed by atoms with Crippen LogP contribution in [-0.2, 0) is 0 Å². The van der Waals surface area contributed by atoms with E-state index in [0.29, 0.717) is 11.6 Å². The Labute approximate surface area is 108 Å². The van der Waals surface area contributed by atoms with E-state index < -0.39 is 0 Å². The van der Waals surface area contributed by atoms with Crippen LogP contribution in [0.1, 0.15) is 5.69 Å². The fraction of sp³-hybridized carbons (Fsp3) is 0. The second-order valence-corrected chi connectivity index (χ2v) is 3.63. The summed E-state index contributed by atoms with van der Waals surface area (Å²) >= 11 is 0. The average Bonchev–Trinajstić information content (AvgIpc) is 3.07. The molecule has 1 N–H and O–H groups in total. The third-order valence-electron chi connectivity index (χ3n) is 2.33. The first-order chi connectivity index (χ1) is 9.33. The minimum absolute atomic E-state index is 0.199. The van der Waals surface area contributed by atoms with Gasteiger partial charge >= 0.3 is 5.95 Å². The average molecular weight is 255 g/mol. The standard InChI is InChI=1S/C13H9N3O3/c17-13-9(8-15-11-5-1-2-6-14-11)16-12(19-13)10-4-3-7-18-10/h1-8,17H. The number of oxazole rings is 1. The van der Waals surface area contributed by atoms with Crippen molar-refractivity contribution < 1.29 is 13.9 Å². The third-order valence-corrected chi connectivity index (χ3v) is 2.33. The first kappa shape index (κ1) is 11.2. The first-order valence-electron chi connectivity index (χ1n) is 5.52. The van der Waals surface area contributed by atoms with E-state index in [9.17, 15) is 5.11 Å². The van der Waals surface area contributed by atoms with Crippen LogP contribution >= 0.6 is 0 Å². The molecule has 3 aromatic rings. The van der Waals surface area contributed by atoms with Crippen molar-refractivity contribution >= 4 is 12.0 Å². The summed E-state index contributed by atoms with van der Waals surface area (Å²) < 4.78 is 10.2. The van der Waals surface area contributed by atoms with Crippen LogP contribution < -0.4 is 0 Å². The van der Waals surface area contributed by atoms with Crippen LogP contribution in [0.25, 0.3) is 11.7 Å². The molecule has 0 saturated heterocycles. The van der Waals surface area contributed by atoms with Crippen molar-refractivity contribution in [2.75, 3.05) is 0 Å². The lowest BCUT2D eigenvalue weighted by atomic mass is 10.4. The van der Waals surface area contributed by atoms with Gasteiger partial charge in [0.05, 0.1) is 12.5 Å². The molecule has 0 saturated carbocycles. The molecule has 6 nitrogen and oxygen atoms in total. The molecule has 0 radical (unpaired) electrons. The van der Waals surface area contributed by atoms with Crippen molar-refractivity contribution in [1.29, 1.82) is 0 Å². The summed E-state index contributed by atoms with van der Waals surface area (Å²) in [6.45, 7) is 0. The topological polar surface area (TPSA) is 84.7 Å². The molecule has 0 atom stereocenters. The van der Waals surface area contributed by atoms with Crippen molar-refractivity contribution in [3.63, 3.8) is 0 Å². The Kier molecular flexibility index (Phi) is 2.82. The van der Waals surface area contributed by atoms with Gasteiger partial charge in [-0.3, -0.25) is 0 Å². The van der Waals surface area contributed by atoms with Crippen molar-refractivity contribution in [1.82, 2.24) is 9.97 Å². The maximum atomic E-state index is 9.63. The van der Waals surface area contributed by atoms with Gasteiger partial charge in [-0.2, -0.15) is 0 Å². The normalized spacial score (nSPS) is 11.2. The Morgan fingerprint density at radius 3 is 2.89 bits per heavy atom. The zero-order valence-corrected chi connectivity index (χ0v) is 9.72. The first-order valence-corrected chi connectivity index (χ1v) is 5.52. The highest BCUT2D eigenvalue weighted by Gasteiger charge is 2.14. The number of hydrogen-bond acceptors (Lipinski definition) is 6. The van der Waals surface area contributed by atoms with Crippen LogP contribution in [0.5, 0.6) is 5.95 Å². The summed E-state index contributed by atoms with van der Waals surface area (Å²) in [7, 11) is 0. The van der Waals surface area contributed by atoms with Crippen LogP contribution in [0.2, 0.25) is 0 Å². The summed E-state index contributed by atoms with van der Waals surface area (Å²) in [6, 6.07) is 8.74. The predicted molar refractivity (Wildman–Crippen MR) is 67.4 cm³/mol. The van der Waals surface area contributed by atoms with E-state index in [-0.39, 0.29) is 17.5 Å². The molecule has 0 bridgehead atoms. The van der Waals surface area contributed by atoms with E-state index in [4.69, 9.17) is 8.83 Å². The van der Waals surface area contributed by atoms with Gasteiger partial charge in [0.25, 0.3) is 5.89 Å². The van der Waals surface area contributed by atoms with Gasteiger partial charge in [-0.05, 0) is 24.3 Å². The Morgan fingerprint density at radius 2 is 2.16 bits per heavy atom. The summed E-state index contributed by atoms with van der Waals surface area (Å²) in [5, 5.41) is 9.63. The van der Waals surface area contributed by atoms with Crippen molar-refractivity contribution in [2.45, 2.75) is 0 Å². The van der Waals surface area contributed by atoms with Gasteiger partial charge in [0.1, 0.15) is 0 Å². The number of aromatic nitrogens is 2. The highest BCUT2D eigenvalue weighted by atomic mass is 16.5. The molecule has 6 heteroatoms. The van der Waals surface area contributed by atoms with Crippen LogP contribution in [0.4, 0.5) is 5.82 Å². The molecular formula is C13H9N3O3. The summed E-state index contributed by atoms with van der Waals surface area (Å²) in [5.41, 5.74) is 0.219. The van der Waals surface area contributed by atoms with E-state index in [0.717, 1.165) is 0 Å². The molecule has 19 heavy (non-hydrogen) atoms. The molecule has 0 aliphatic heterocycles. The molecule has 0 unspecified atom stereocenters. The Hall–Kier alpha value is -2.89. The molecule has 0 amide bonds. The molecule has 0 aliphatic rings. The number of furan rings is 1. The molecule has 0 aromatic carbocycles. The molecule has 3 heterocycles. The van der Waals surface area contributed by atoms with E-state index in [1.165, 1.54) is 12.5 Å². The van der Waals surface area contributed by atoms with E-state index in [1.807, 2.05) is 6.07 Å². The van der Waals surface area contributed by atoms with Gasteiger partial charge < -0.3 is 13.9 Å². The Morgan fingerprint density at radius 1 is 1.21 bits per heavy atom. The SMILES string of the molecule is Oc1oc(-c2ccco2)nc1C=Nc1ccccn1. The van der Waals surface area contributed by atoms with E-state index >= 15 is 0 Å². The maximum Gasteiger partial charge on any atom is 0.312 e. The lowest BCUT2D eigenvalue weighted by Crippen LogP contribution is -1.82. The number of aromatic hydroxyl groups is 1. The van der Waals surface area contributed by atoms with Gasteiger partial charge in [-0.1, -0.05) is 6.07 Å². The van der Waals surface area contributed by atoms with Crippen LogP contribution in [-0.4, -0.2) is 21.3 Å². The van der Waals surface area contributed by atoms with Crippen molar-refractivity contribution in [2.24, 2.45) is 4.99 Å². The highest BCUT2D eigenvalue weighted by Crippen LogP contribution is 2.25. The molecule has 0 spiro atoms. The molecule has 3 aromatic heterocycles. The van der Waals surface area contributed by atoms with Crippen LogP contribution in [0, 0.1) is 0 Å². The van der Waals surface area contributed by atoms with E-state index in [2.05, 4.69) is 15.0 Å². The van der Waals surface area contributed by atoms with Crippen LogP contribution in [0.3, 0.4) is 0 Å². The lowest BCUT2D eigenvalue weighted by Gasteiger charge is -1.88. The van der Waals surface area contributed by atoms with Gasteiger partial charge in [0, 0.05) is 6.20 Å². The van der Waals surface area contributed by atoms with Crippen LogP contribution in [0.15, 0.2) is 56.6 Å². The van der Waals surface area contributed by atoms with Gasteiger partial charge in [0.2, 0.25) is 0 Å². The summed E-state index contributed by atoms with van der Waals surface area (Å²) in [5.74, 6) is 0.841. The molecule has 0 aliphatic carbocycles. The smallest absolute Gasteiger partial charge is 0.312 e. The highest BCUT2D eigenvalue weighted by molar-refractivity contribution is 5.82. The van der Waals surface area contributed by atoms with Crippen molar-refractivity contribution in [3.8, 4) is 17.6 Å². The molecule has 94 valence electrons. The third kappa shape index (κ3) is 2.37. The number of hydrogen-bond donors (Lipinski definition) is 1. The van der Waals surface area contributed by atoms with Gasteiger partial charge in [-0.25, -0.2) is 15.0 Å². The quantitative estimate of drug-likeness (QED) is 0.727. The lowest BCUT2D eigenvalue weighted by molar-refractivity contribution is 0.333. The predicted octanol–water partition coefficient (Wildman–Crippen LogP) is 2.79. The molecule has 3 rings (SSSR count). The summed E-state index contributed by atoms with van der Waals surface area (Å²) in [4.78, 5) is 12.2. The van der Waals surface area contributed by atoms with E-state index in [1.54, 1.807) is 30.5 Å². The monoisotopic (exact) mass is 255 g/mol. The number of pyridine rings is 1. The molecular weight excluding hydrogens is 246 g/mol. The second-order valence-electron chi connectivity index (χ2n) is 3.63. The largest absolute Gasteiger partial charge is 0.479 e. The van der Waals surface area contributed by atoms with Crippen molar-refractivity contribution in [3.05, 3.63) is 48.5 Å². The summed E-state index contributed by atoms with van der Waals surface area (Å²) in [6.07, 6.45) is 4.51. The number of aliphatic imine (C=N–C) groups is 1. The Balaban J connectivity index is 1.88. The molecule has 0 fully saturated rings.